The third kappa shape index (κ3) is 8.04. The number of rotatable bonds is 12. The van der Waals surface area contributed by atoms with Gasteiger partial charge in [0.05, 0.1) is 4.90 Å². The summed E-state index contributed by atoms with van der Waals surface area (Å²) in [5, 5.41) is 0. The standard InChI is InChI=1S/C43H48N2O3S/c1-7-9-29-44(42-31(3)15-13-16-32(42)4)37-25-21-35(22-26-37)41(39-19-11-12-20-40(39)49(46,47)48)36-23-27-38(28-24-36)45(30-10-8-2)43-33(5)17-14-18-34(43)6/h11-28H,7-10,29-30H2,1-6H3. The van der Waals surface area contributed by atoms with Crippen LogP contribution in [0.3, 0.4) is 0 Å². The van der Waals surface area contributed by atoms with Crippen molar-refractivity contribution in [1.82, 2.24) is 0 Å². The first-order valence-electron chi connectivity index (χ1n) is 17.4. The summed E-state index contributed by atoms with van der Waals surface area (Å²) in [6, 6.07) is 27.6. The van der Waals surface area contributed by atoms with Crippen LogP contribution in [0.1, 0.15) is 72.9 Å². The van der Waals surface area contributed by atoms with Crippen molar-refractivity contribution >= 4 is 38.5 Å². The van der Waals surface area contributed by atoms with E-state index in [2.05, 4.69) is 112 Å². The Balaban J connectivity index is 1.67. The third-order valence-electron chi connectivity index (χ3n) is 9.25. The van der Waals surface area contributed by atoms with Crippen molar-refractivity contribution < 1.29 is 17.5 Å². The summed E-state index contributed by atoms with van der Waals surface area (Å²) in [6.45, 7) is 14.8. The molecule has 0 bridgehead atoms. The van der Waals surface area contributed by atoms with E-state index >= 15 is 0 Å². The first kappa shape index (κ1) is 35.8. The first-order chi connectivity index (χ1) is 23.5. The maximum Gasteiger partial charge on any atom is 0.211 e. The minimum atomic E-state index is -4.74. The predicted molar refractivity (Wildman–Crippen MR) is 204 cm³/mol. The van der Waals surface area contributed by atoms with Gasteiger partial charge in [-0.2, -0.15) is 4.58 Å². The Morgan fingerprint density at radius 2 is 1.27 bits per heavy atom. The zero-order chi connectivity index (χ0) is 35.1. The van der Waals surface area contributed by atoms with Crippen molar-refractivity contribution in [3.05, 3.63) is 148 Å². The molecule has 0 N–H and O–H groups in total. The van der Waals surface area contributed by atoms with E-state index in [-0.39, 0.29) is 4.90 Å². The quantitative estimate of drug-likeness (QED) is 0.111. The number of hydrogen-bond acceptors (Lipinski definition) is 4. The van der Waals surface area contributed by atoms with E-state index in [1.54, 1.807) is 18.2 Å². The lowest BCUT2D eigenvalue weighted by atomic mass is 9.90. The lowest BCUT2D eigenvalue weighted by molar-refractivity contribution is -0.440. The van der Waals surface area contributed by atoms with E-state index in [4.69, 9.17) is 0 Å². The first-order valence-corrected chi connectivity index (χ1v) is 18.8. The molecule has 1 aliphatic rings. The number of allylic oxidation sites excluding steroid dienone is 5. The highest BCUT2D eigenvalue weighted by molar-refractivity contribution is 7.85. The molecule has 0 amide bonds. The van der Waals surface area contributed by atoms with E-state index in [0.717, 1.165) is 61.3 Å². The van der Waals surface area contributed by atoms with Gasteiger partial charge in [-0.05, 0) is 92.3 Å². The summed E-state index contributed by atoms with van der Waals surface area (Å²) in [6.07, 6.45) is 12.5. The lowest BCUT2D eigenvalue weighted by Gasteiger charge is -2.29. The zero-order valence-electron chi connectivity index (χ0n) is 29.7. The van der Waals surface area contributed by atoms with Crippen LogP contribution < -0.4 is 4.90 Å². The number of benzene rings is 4. The van der Waals surface area contributed by atoms with Gasteiger partial charge in [-0.1, -0.05) is 93.4 Å². The second-order valence-corrected chi connectivity index (χ2v) is 14.3. The predicted octanol–water partition coefficient (Wildman–Crippen LogP) is 10.3. The van der Waals surface area contributed by atoms with E-state index in [1.807, 2.05) is 24.3 Å². The molecule has 1 aliphatic carbocycles. The molecule has 254 valence electrons. The van der Waals surface area contributed by atoms with Gasteiger partial charge < -0.3 is 9.45 Å². The second kappa shape index (κ2) is 15.8. The van der Waals surface area contributed by atoms with Gasteiger partial charge in [0.2, 0.25) is 11.4 Å². The Bertz CT molecular complexity index is 1990. The molecule has 5 rings (SSSR count). The molecule has 0 fully saturated rings. The van der Waals surface area contributed by atoms with Crippen LogP contribution in [0, 0.1) is 27.7 Å². The molecule has 0 radical (unpaired) electrons. The number of para-hydroxylation sites is 2. The summed E-state index contributed by atoms with van der Waals surface area (Å²) in [5.41, 5.74) is 12.2. The molecule has 0 unspecified atom stereocenters. The minimum Gasteiger partial charge on any atom is -0.744 e. The Morgan fingerprint density at radius 3 is 1.84 bits per heavy atom. The van der Waals surface area contributed by atoms with Crippen molar-refractivity contribution in [2.24, 2.45) is 0 Å². The normalized spacial score (nSPS) is 12.8. The Labute approximate surface area is 293 Å². The van der Waals surface area contributed by atoms with Gasteiger partial charge in [0, 0.05) is 53.2 Å². The van der Waals surface area contributed by atoms with Gasteiger partial charge in [0.1, 0.15) is 16.7 Å². The number of aryl methyl sites for hydroxylation is 4. The van der Waals surface area contributed by atoms with Crippen LogP contribution in [0.4, 0.5) is 17.1 Å². The lowest BCUT2D eigenvalue weighted by Crippen LogP contribution is -2.20. The summed E-state index contributed by atoms with van der Waals surface area (Å²) in [7, 11) is -4.74. The van der Waals surface area contributed by atoms with Crippen LogP contribution >= 0.6 is 0 Å². The maximum atomic E-state index is 12.6. The molecule has 0 aromatic heterocycles. The fourth-order valence-corrected chi connectivity index (χ4v) is 7.50. The summed E-state index contributed by atoms with van der Waals surface area (Å²) >= 11 is 0. The fourth-order valence-electron chi connectivity index (χ4n) is 6.82. The molecule has 0 saturated heterocycles. The SMILES string of the molecule is CCCCN(c1ccc(C(=C2C=CC(=[N+](CCCC)c3c(C)cccc3C)C=C2)c2ccccc2S(=O)(=O)[O-])cc1)c1c(C)cccc1C. The van der Waals surface area contributed by atoms with Crippen molar-refractivity contribution in [1.29, 1.82) is 0 Å². The summed E-state index contributed by atoms with van der Waals surface area (Å²) < 4.78 is 40.1. The topological polar surface area (TPSA) is 63.5 Å². The Morgan fingerprint density at radius 1 is 0.694 bits per heavy atom. The molecule has 6 heteroatoms. The molecule has 4 aromatic rings. The number of anilines is 2. The Kier molecular flexibility index (Phi) is 11.5. The Hall–Kier alpha value is -4.52. The number of hydrogen-bond donors (Lipinski definition) is 0. The van der Waals surface area contributed by atoms with E-state index in [1.165, 1.54) is 39.7 Å². The van der Waals surface area contributed by atoms with Crippen LogP contribution in [0.15, 0.2) is 120 Å². The van der Waals surface area contributed by atoms with Gasteiger partial charge in [-0.3, -0.25) is 0 Å². The molecule has 0 heterocycles. The van der Waals surface area contributed by atoms with Crippen LogP contribution in [0.5, 0.6) is 0 Å². The van der Waals surface area contributed by atoms with Crippen LogP contribution in [-0.2, 0) is 10.1 Å². The average molecular weight is 673 g/mol. The zero-order valence-corrected chi connectivity index (χ0v) is 30.5. The van der Waals surface area contributed by atoms with E-state index in [9.17, 15) is 13.0 Å². The smallest absolute Gasteiger partial charge is 0.211 e. The van der Waals surface area contributed by atoms with Gasteiger partial charge in [-0.25, -0.2) is 8.42 Å². The monoisotopic (exact) mass is 672 g/mol. The largest absolute Gasteiger partial charge is 0.744 e. The van der Waals surface area contributed by atoms with Crippen LogP contribution in [0.25, 0.3) is 5.57 Å². The number of nitrogens with zero attached hydrogens (tertiary/aromatic N) is 2. The van der Waals surface area contributed by atoms with Gasteiger partial charge in [-0.15, -0.1) is 0 Å². The van der Waals surface area contributed by atoms with Gasteiger partial charge in [0.25, 0.3) is 0 Å². The van der Waals surface area contributed by atoms with Crippen molar-refractivity contribution in [2.45, 2.75) is 72.1 Å². The highest BCUT2D eigenvalue weighted by atomic mass is 32.2. The second-order valence-electron chi connectivity index (χ2n) is 12.9. The molecular weight excluding hydrogens is 625 g/mol. The number of unbranched alkanes of at least 4 members (excludes halogenated alkanes) is 2. The summed E-state index contributed by atoms with van der Waals surface area (Å²) in [5.74, 6) is 0. The van der Waals surface area contributed by atoms with Crippen molar-refractivity contribution in [3.8, 4) is 0 Å². The maximum absolute atomic E-state index is 12.6. The van der Waals surface area contributed by atoms with Gasteiger partial charge in [0.15, 0.2) is 0 Å². The molecule has 4 aromatic carbocycles. The fraction of sp³-hybridized carbons (Fsp3) is 0.279. The average Bonchev–Trinajstić information content (AvgIpc) is 3.08. The van der Waals surface area contributed by atoms with E-state index in [0.29, 0.717) is 11.1 Å². The van der Waals surface area contributed by atoms with Crippen LogP contribution in [-0.4, -0.2) is 36.3 Å². The molecule has 0 aliphatic heterocycles. The van der Waals surface area contributed by atoms with Crippen LogP contribution in [0.2, 0.25) is 0 Å². The van der Waals surface area contributed by atoms with Crippen molar-refractivity contribution in [3.63, 3.8) is 0 Å². The molecule has 0 atom stereocenters. The third-order valence-corrected chi connectivity index (χ3v) is 10.1. The van der Waals surface area contributed by atoms with E-state index < -0.39 is 10.1 Å². The minimum absolute atomic E-state index is 0.224. The van der Waals surface area contributed by atoms with Crippen molar-refractivity contribution in [2.75, 3.05) is 18.0 Å². The highest BCUT2D eigenvalue weighted by Gasteiger charge is 2.23. The molecule has 0 saturated carbocycles. The molecular formula is C43H48N2O3S. The molecule has 5 nitrogen and oxygen atoms in total. The summed E-state index contributed by atoms with van der Waals surface area (Å²) in [4.78, 5) is 2.15. The molecule has 0 spiro atoms. The molecule has 49 heavy (non-hydrogen) atoms. The highest BCUT2D eigenvalue weighted by Crippen LogP contribution is 2.37. The van der Waals surface area contributed by atoms with Gasteiger partial charge >= 0.3 is 0 Å².